The van der Waals surface area contributed by atoms with Crippen molar-refractivity contribution in [3.63, 3.8) is 0 Å². The van der Waals surface area contributed by atoms with Crippen LogP contribution in [0.3, 0.4) is 0 Å². The molecule has 0 atom stereocenters. The van der Waals surface area contributed by atoms with Crippen molar-refractivity contribution in [3.05, 3.63) is 94.5 Å². The summed E-state index contributed by atoms with van der Waals surface area (Å²) in [6.45, 7) is 5.78. The van der Waals surface area contributed by atoms with Crippen LogP contribution in [0, 0.1) is 11.7 Å². The van der Waals surface area contributed by atoms with Crippen LogP contribution in [0.5, 0.6) is 0 Å². The number of nitrogens with zero attached hydrogens (tertiary/aromatic N) is 3. The third-order valence-corrected chi connectivity index (χ3v) is 7.94. The minimum Gasteiger partial charge on any atom is -0.345 e. The number of rotatable bonds is 11. The summed E-state index contributed by atoms with van der Waals surface area (Å²) < 4.78 is 15.6. The van der Waals surface area contributed by atoms with Gasteiger partial charge in [-0.2, -0.15) is 0 Å². The van der Waals surface area contributed by atoms with Crippen LogP contribution >= 0.6 is 11.6 Å². The van der Waals surface area contributed by atoms with E-state index in [4.69, 9.17) is 11.6 Å². The molecule has 1 saturated carbocycles. The van der Waals surface area contributed by atoms with Crippen molar-refractivity contribution in [2.45, 2.75) is 71.5 Å². The normalized spacial score (nSPS) is 14.0. The molecular weight excluding hydrogens is 513 g/mol. The van der Waals surface area contributed by atoms with E-state index in [1.54, 1.807) is 4.90 Å². The summed E-state index contributed by atoms with van der Waals surface area (Å²) in [4.78, 5) is 31.0. The minimum absolute atomic E-state index is 0.00461. The van der Waals surface area contributed by atoms with Gasteiger partial charge in [0, 0.05) is 41.6 Å². The predicted molar refractivity (Wildman–Crippen MR) is 154 cm³/mol. The average molecular weight is 552 g/mol. The van der Waals surface area contributed by atoms with Crippen LogP contribution in [0.15, 0.2) is 66.9 Å². The third-order valence-electron chi connectivity index (χ3n) is 7.57. The Labute approximate surface area is 236 Å². The molecule has 3 aromatic rings. The number of hydrogen-bond acceptors (Lipinski definition) is 2. The van der Waals surface area contributed by atoms with E-state index in [-0.39, 0.29) is 30.2 Å². The topological polar surface area (TPSA) is 45.6 Å². The number of aromatic nitrogens is 1. The lowest BCUT2D eigenvalue weighted by molar-refractivity contribution is -0.135. The van der Waals surface area contributed by atoms with Gasteiger partial charge in [0.05, 0.1) is 6.54 Å². The fourth-order valence-electron chi connectivity index (χ4n) is 5.24. The Morgan fingerprint density at radius 1 is 1.00 bits per heavy atom. The smallest absolute Gasteiger partial charge is 0.254 e. The standard InChI is InChI=1S/C32H39ClFN3O2/c1-24(2)18-20-36(32(39)25-14-16-27(34)17-15-25)23-31(38)37(28-10-4-3-5-11-28)22-29-12-8-19-35(29)21-26-9-6-7-13-30(26)33/h6-9,12-17,19,24,28H,3-5,10-11,18,20-23H2,1-2H3. The maximum absolute atomic E-state index is 14.0. The number of halogens is 2. The molecule has 1 fully saturated rings. The molecule has 1 aliphatic rings. The first-order valence-corrected chi connectivity index (χ1v) is 14.4. The summed E-state index contributed by atoms with van der Waals surface area (Å²) in [6.07, 6.45) is 8.12. The van der Waals surface area contributed by atoms with Gasteiger partial charge in [-0.05, 0) is 73.2 Å². The lowest BCUT2D eigenvalue weighted by Crippen LogP contribution is -2.48. The van der Waals surface area contributed by atoms with Crippen molar-refractivity contribution in [2.75, 3.05) is 13.1 Å². The number of carbonyl (C=O) groups is 2. The molecule has 2 aromatic carbocycles. The molecule has 0 bridgehead atoms. The second kappa shape index (κ2) is 13.8. The highest BCUT2D eigenvalue weighted by Crippen LogP contribution is 2.26. The summed E-state index contributed by atoms with van der Waals surface area (Å²) in [7, 11) is 0. The summed E-state index contributed by atoms with van der Waals surface area (Å²) >= 11 is 6.43. The molecule has 2 amide bonds. The average Bonchev–Trinajstić information content (AvgIpc) is 3.37. The quantitative estimate of drug-likeness (QED) is 0.253. The van der Waals surface area contributed by atoms with Crippen molar-refractivity contribution in [2.24, 2.45) is 5.92 Å². The van der Waals surface area contributed by atoms with Crippen molar-refractivity contribution >= 4 is 23.4 Å². The van der Waals surface area contributed by atoms with Gasteiger partial charge >= 0.3 is 0 Å². The van der Waals surface area contributed by atoms with E-state index in [1.807, 2.05) is 41.4 Å². The van der Waals surface area contributed by atoms with Crippen LogP contribution in [-0.4, -0.2) is 45.3 Å². The Morgan fingerprint density at radius 2 is 1.72 bits per heavy atom. The van der Waals surface area contributed by atoms with E-state index in [9.17, 15) is 14.0 Å². The van der Waals surface area contributed by atoms with E-state index in [0.717, 1.165) is 48.4 Å². The van der Waals surface area contributed by atoms with E-state index >= 15 is 0 Å². The molecule has 5 nitrogen and oxygen atoms in total. The van der Waals surface area contributed by atoms with Crippen LogP contribution < -0.4 is 0 Å². The molecule has 1 aromatic heterocycles. The van der Waals surface area contributed by atoms with Crippen LogP contribution in [-0.2, 0) is 17.9 Å². The summed E-state index contributed by atoms with van der Waals surface area (Å²) in [5.74, 6) is -0.299. The fourth-order valence-corrected chi connectivity index (χ4v) is 5.44. The zero-order chi connectivity index (χ0) is 27.8. The molecule has 1 aliphatic carbocycles. The van der Waals surface area contributed by atoms with E-state index < -0.39 is 0 Å². The first-order valence-electron chi connectivity index (χ1n) is 14.0. The van der Waals surface area contributed by atoms with Gasteiger partial charge in [0.15, 0.2) is 0 Å². The van der Waals surface area contributed by atoms with Gasteiger partial charge in [0.1, 0.15) is 12.4 Å². The van der Waals surface area contributed by atoms with E-state index in [0.29, 0.717) is 31.1 Å². The van der Waals surface area contributed by atoms with Crippen LogP contribution in [0.25, 0.3) is 0 Å². The Kier molecular flexibility index (Phi) is 10.2. The number of hydrogen-bond donors (Lipinski definition) is 0. The number of benzene rings is 2. The van der Waals surface area contributed by atoms with Crippen LogP contribution in [0.1, 0.15) is 74.0 Å². The van der Waals surface area contributed by atoms with Crippen LogP contribution in [0.2, 0.25) is 5.02 Å². The maximum Gasteiger partial charge on any atom is 0.254 e. The molecule has 1 heterocycles. The lowest BCUT2D eigenvalue weighted by atomic mass is 9.94. The molecule has 7 heteroatoms. The van der Waals surface area contributed by atoms with Gasteiger partial charge < -0.3 is 14.4 Å². The highest BCUT2D eigenvalue weighted by Gasteiger charge is 2.29. The molecule has 0 spiro atoms. The van der Waals surface area contributed by atoms with Gasteiger partial charge in [-0.1, -0.05) is 62.9 Å². The van der Waals surface area contributed by atoms with Crippen molar-refractivity contribution in [1.29, 1.82) is 0 Å². The van der Waals surface area contributed by atoms with Gasteiger partial charge in [0.25, 0.3) is 5.91 Å². The molecule has 0 radical (unpaired) electrons. The predicted octanol–water partition coefficient (Wildman–Crippen LogP) is 7.18. The zero-order valence-corrected chi connectivity index (χ0v) is 23.7. The molecule has 0 saturated heterocycles. The largest absolute Gasteiger partial charge is 0.345 e. The first kappa shape index (κ1) is 28.9. The lowest BCUT2D eigenvalue weighted by Gasteiger charge is -2.36. The first-order chi connectivity index (χ1) is 18.8. The summed E-state index contributed by atoms with van der Waals surface area (Å²) in [5, 5.41) is 0.720. The number of carbonyl (C=O) groups excluding carboxylic acids is 2. The molecule has 208 valence electrons. The van der Waals surface area contributed by atoms with Crippen molar-refractivity contribution < 1.29 is 14.0 Å². The Bertz CT molecular complexity index is 1230. The minimum atomic E-state index is -0.389. The monoisotopic (exact) mass is 551 g/mol. The number of amides is 2. The Balaban J connectivity index is 1.56. The van der Waals surface area contributed by atoms with Gasteiger partial charge in [0.2, 0.25) is 5.91 Å². The highest BCUT2D eigenvalue weighted by atomic mass is 35.5. The molecule has 39 heavy (non-hydrogen) atoms. The van der Waals surface area contributed by atoms with Gasteiger partial charge in [-0.15, -0.1) is 0 Å². The molecule has 0 N–H and O–H groups in total. The fraction of sp³-hybridized carbons (Fsp3) is 0.438. The second-order valence-electron chi connectivity index (χ2n) is 10.9. The molecule has 4 rings (SSSR count). The van der Waals surface area contributed by atoms with Gasteiger partial charge in [-0.3, -0.25) is 9.59 Å². The summed E-state index contributed by atoms with van der Waals surface area (Å²) in [5.41, 5.74) is 2.45. The van der Waals surface area contributed by atoms with Crippen molar-refractivity contribution in [1.82, 2.24) is 14.4 Å². The molecule has 0 unspecified atom stereocenters. The third kappa shape index (κ3) is 7.95. The Hall–Kier alpha value is -3.12. The highest BCUT2D eigenvalue weighted by molar-refractivity contribution is 6.31. The van der Waals surface area contributed by atoms with Gasteiger partial charge in [-0.25, -0.2) is 4.39 Å². The molecular formula is C32H39ClFN3O2. The van der Waals surface area contributed by atoms with Crippen LogP contribution in [0.4, 0.5) is 4.39 Å². The zero-order valence-electron chi connectivity index (χ0n) is 23.0. The summed E-state index contributed by atoms with van der Waals surface area (Å²) in [6, 6.07) is 17.6. The SMILES string of the molecule is CC(C)CCN(CC(=O)N(Cc1cccn1Cc1ccccc1Cl)C1CCCCC1)C(=O)c1ccc(F)cc1. The maximum atomic E-state index is 14.0. The van der Waals surface area contributed by atoms with E-state index in [2.05, 4.69) is 24.5 Å². The Morgan fingerprint density at radius 3 is 2.41 bits per heavy atom. The van der Waals surface area contributed by atoms with Crippen molar-refractivity contribution in [3.8, 4) is 0 Å². The second-order valence-corrected chi connectivity index (χ2v) is 11.4. The molecule has 0 aliphatic heterocycles. The van der Waals surface area contributed by atoms with E-state index in [1.165, 1.54) is 30.7 Å².